The summed E-state index contributed by atoms with van der Waals surface area (Å²) in [7, 11) is 2.87. The highest BCUT2D eigenvalue weighted by atomic mass is 19.1. The number of nitrogens with zero attached hydrogens (tertiary/aromatic N) is 2. The summed E-state index contributed by atoms with van der Waals surface area (Å²) in [6.07, 6.45) is 1.45. The highest BCUT2D eigenvalue weighted by Crippen LogP contribution is 2.27. The Hall–Kier alpha value is -3.49. The van der Waals surface area contributed by atoms with Crippen LogP contribution in [0.2, 0.25) is 0 Å². The zero-order chi connectivity index (χ0) is 21.8. The first-order chi connectivity index (χ1) is 14.3. The van der Waals surface area contributed by atoms with Crippen LogP contribution in [-0.4, -0.2) is 35.9 Å². The molecule has 9 heteroatoms. The summed E-state index contributed by atoms with van der Waals surface area (Å²) in [5, 5.41) is 0. The molecule has 0 radical (unpaired) electrons. The van der Waals surface area contributed by atoms with Crippen LogP contribution in [0.15, 0.2) is 39.3 Å². The van der Waals surface area contributed by atoms with Crippen LogP contribution in [0, 0.1) is 18.6 Å². The fourth-order valence-electron chi connectivity index (χ4n) is 2.94. The number of ether oxygens (including phenoxy) is 1. The predicted octanol–water partition coefficient (Wildman–Crippen LogP) is 3.90. The van der Waals surface area contributed by atoms with Crippen LogP contribution in [-0.2, 0) is 22.5 Å². The average Bonchev–Trinajstić information content (AvgIpc) is 3.32. The van der Waals surface area contributed by atoms with Gasteiger partial charge in [0.15, 0.2) is 11.7 Å². The van der Waals surface area contributed by atoms with Crippen LogP contribution in [0.3, 0.4) is 0 Å². The van der Waals surface area contributed by atoms with Crippen molar-refractivity contribution in [3.8, 4) is 11.3 Å². The second-order valence-corrected chi connectivity index (χ2v) is 6.64. The number of hydrogen-bond acceptors (Lipinski definition) is 6. The molecule has 1 aromatic carbocycles. The van der Waals surface area contributed by atoms with Crippen molar-refractivity contribution in [2.24, 2.45) is 0 Å². The molecule has 0 aliphatic carbocycles. The van der Waals surface area contributed by atoms with Crippen molar-refractivity contribution >= 4 is 11.9 Å². The van der Waals surface area contributed by atoms with E-state index in [4.69, 9.17) is 8.83 Å². The van der Waals surface area contributed by atoms with Gasteiger partial charge in [-0.1, -0.05) is 6.07 Å². The topological polar surface area (TPSA) is 85.8 Å². The van der Waals surface area contributed by atoms with Gasteiger partial charge in [0, 0.05) is 19.9 Å². The molecule has 0 aliphatic rings. The number of esters is 1. The number of oxazole rings is 1. The molecule has 0 unspecified atom stereocenters. The van der Waals surface area contributed by atoms with Crippen LogP contribution in [0.4, 0.5) is 8.78 Å². The molecule has 158 valence electrons. The second-order valence-electron chi connectivity index (χ2n) is 6.64. The van der Waals surface area contributed by atoms with Gasteiger partial charge < -0.3 is 18.5 Å². The van der Waals surface area contributed by atoms with E-state index >= 15 is 0 Å². The number of methoxy groups -OCH3 is 1. The number of hydrogen-bond donors (Lipinski definition) is 0. The van der Waals surface area contributed by atoms with Gasteiger partial charge in [-0.3, -0.25) is 4.79 Å². The molecular formula is C21H20F2N2O5. The molecular weight excluding hydrogens is 398 g/mol. The lowest BCUT2D eigenvalue weighted by atomic mass is 10.1. The van der Waals surface area contributed by atoms with Crippen molar-refractivity contribution in [3.05, 3.63) is 65.1 Å². The van der Waals surface area contributed by atoms with E-state index in [0.717, 1.165) is 12.1 Å². The third-order valence-corrected chi connectivity index (χ3v) is 4.51. The van der Waals surface area contributed by atoms with Crippen LogP contribution >= 0.6 is 0 Å². The first-order valence-electron chi connectivity index (χ1n) is 9.10. The Bertz CT molecular complexity index is 1050. The third-order valence-electron chi connectivity index (χ3n) is 4.51. The maximum Gasteiger partial charge on any atom is 0.341 e. The number of aryl methyl sites for hydroxylation is 2. The lowest BCUT2D eigenvalue weighted by molar-refractivity contribution is -0.130. The zero-order valence-electron chi connectivity index (χ0n) is 16.7. The molecule has 3 rings (SSSR count). The van der Waals surface area contributed by atoms with Gasteiger partial charge in [0.1, 0.15) is 28.7 Å². The lowest BCUT2D eigenvalue weighted by Crippen LogP contribution is -2.26. The van der Waals surface area contributed by atoms with E-state index in [0.29, 0.717) is 17.1 Å². The normalized spacial score (nSPS) is 10.8. The Labute approximate surface area is 171 Å². The van der Waals surface area contributed by atoms with Gasteiger partial charge in [0.05, 0.1) is 25.4 Å². The summed E-state index contributed by atoms with van der Waals surface area (Å²) >= 11 is 0. The smallest absolute Gasteiger partial charge is 0.341 e. The van der Waals surface area contributed by atoms with Gasteiger partial charge in [-0.15, -0.1) is 0 Å². The van der Waals surface area contributed by atoms with E-state index in [9.17, 15) is 18.4 Å². The quantitative estimate of drug-likeness (QED) is 0.541. The fourth-order valence-corrected chi connectivity index (χ4v) is 2.94. The number of amides is 1. The van der Waals surface area contributed by atoms with Crippen LogP contribution in [0.1, 0.15) is 34.2 Å². The van der Waals surface area contributed by atoms with E-state index < -0.39 is 17.6 Å². The van der Waals surface area contributed by atoms with E-state index in [-0.39, 0.29) is 42.5 Å². The Morgan fingerprint density at radius 1 is 1.20 bits per heavy atom. The fraction of sp³-hybridized carbons (Fsp3) is 0.286. The first kappa shape index (κ1) is 21.2. The summed E-state index contributed by atoms with van der Waals surface area (Å²) in [6, 6.07) is 5.05. The molecule has 0 bridgehead atoms. The highest BCUT2D eigenvalue weighted by molar-refractivity contribution is 5.90. The first-order valence-corrected chi connectivity index (χ1v) is 9.10. The molecule has 0 spiro atoms. The Kier molecular flexibility index (Phi) is 6.29. The molecule has 0 saturated carbocycles. The predicted molar refractivity (Wildman–Crippen MR) is 101 cm³/mol. The van der Waals surface area contributed by atoms with Crippen molar-refractivity contribution < 1.29 is 31.9 Å². The molecule has 30 heavy (non-hydrogen) atoms. The van der Waals surface area contributed by atoms with Crippen LogP contribution < -0.4 is 0 Å². The molecule has 0 atom stereocenters. The average molecular weight is 418 g/mol. The minimum Gasteiger partial charge on any atom is -0.465 e. The number of benzene rings is 1. The zero-order valence-corrected chi connectivity index (χ0v) is 16.7. The molecule has 7 nitrogen and oxygen atoms in total. The van der Waals surface area contributed by atoms with Gasteiger partial charge >= 0.3 is 5.97 Å². The molecule has 2 heterocycles. The highest BCUT2D eigenvalue weighted by Gasteiger charge is 2.19. The molecule has 1 amide bonds. The van der Waals surface area contributed by atoms with E-state index in [1.165, 1.54) is 30.3 Å². The summed E-state index contributed by atoms with van der Waals surface area (Å²) in [5.41, 5.74) is 0.00957. The molecule has 3 aromatic rings. The molecule has 2 aromatic heterocycles. The number of carbonyl (C=O) groups excluding carboxylic acids is 2. The van der Waals surface area contributed by atoms with Crippen molar-refractivity contribution in [1.29, 1.82) is 0 Å². The van der Waals surface area contributed by atoms with Gasteiger partial charge in [0.25, 0.3) is 0 Å². The van der Waals surface area contributed by atoms with Crippen LogP contribution in [0.25, 0.3) is 11.3 Å². The largest absolute Gasteiger partial charge is 0.465 e. The number of carbonyl (C=O) groups is 2. The van der Waals surface area contributed by atoms with Crippen molar-refractivity contribution in [3.63, 3.8) is 0 Å². The Morgan fingerprint density at radius 2 is 1.90 bits per heavy atom. The van der Waals surface area contributed by atoms with E-state index in [2.05, 4.69) is 9.72 Å². The molecule has 0 fully saturated rings. The maximum absolute atomic E-state index is 13.8. The lowest BCUT2D eigenvalue weighted by Gasteiger charge is -2.15. The Balaban J connectivity index is 1.60. The molecule has 0 N–H and O–H groups in total. The molecule has 0 aliphatic heterocycles. The standard InChI is InChI=1S/C21H20F2N2O5/c1-12-14(21(27)28-3)9-13(29-12)11-25(2)19(26)8-7-18-24-10-17(30-18)20-15(22)5-4-6-16(20)23/h4-6,9-10H,7-8,11H2,1-3H3. The van der Waals surface area contributed by atoms with Gasteiger partial charge in [0.2, 0.25) is 5.91 Å². The van der Waals surface area contributed by atoms with Crippen LogP contribution in [0.5, 0.6) is 0 Å². The van der Waals surface area contributed by atoms with Gasteiger partial charge in [-0.2, -0.15) is 0 Å². The van der Waals surface area contributed by atoms with E-state index in [1.807, 2.05) is 0 Å². The third kappa shape index (κ3) is 4.56. The summed E-state index contributed by atoms with van der Waals surface area (Å²) in [4.78, 5) is 29.5. The summed E-state index contributed by atoms with van der Waals surface area (Å²) in [6.45, 7) is 1.80. The summed E-state index contributed by atoms with van der Waals surface area (Å²) < 4.78 is 43.3. The number of furan rings is 1. The van der Waals surface area contributed by atoms with Crippen molar-refractivity contribution in [2.45, 2.75) is 26.3 Å². The SMILES string of the molecule is COC(=O)c1cc(CN(C)C(=O)CCc2ncc(-c3c(F)cccc3F)o2)oc1C. The number of rotatable bonds is 7. The van der Waals surface area contributed by atoms with Gasteiger partial charge in [-0.05, 0) is 25.1 Å². The summed E-state index contributed by atoms with van der Waals surface area (Å²) in [5.74, 6) is -1.24. The minimum atomic E-state index is -0.756. The second kappa shape index (κ2) is 8.89. The Morgan fingerprint density at radius 3 is 2.57 bits per heavy atom. The van der Waals surface area contributed by atoms with Crippen molar-refractivity contribution in [1.82, 2.24) is 9.88 Å². The minimum absolute atomic E-state index is 0.0391. The number of halogens is 2. The van der Waals surface area contributed by atoms with Crippen molar-refractivity contribution in [2.75, 3.05) is 14.2 Å². The number of aromatic nitrogens is 1. The maximum atomic E-state index is 13.8. The molecule has 0 saturated heterocycles. The van der Waals surface area contributed by atoms with E-state index in [1.54, 1.807) is 14.0 Å². The monoisotopic (exact) mass is 418 g/mol. The van der Waals surface area contributed by atoms with Gasteiger partial charge in [-0.25, -0.2) is 18.6 Å².